The summed E-state index contributed by atoms with van der Waals surface area (Å²) in [7, 11) is 0. The van der Waals surface area contributed by atoms with Gasteiger partial charge in [-0.25, -0.2) is 0 Å². The molecule has 0 bridgehead atoms. The Hall–Kier alpha value is -2.80. The van der Waals surface area contributed by atoms with E-state index in [1.807, 2.05) is 24.3 Å². The van der Waals surface area contributed by atoms with Crippen molar-refractivity contribution in [1.82, 2.24) is 0 Å². The van der Waals surface area contributed by atoms with Gasteiger partial charge >= 0.3 is 0 Å². The van der Waals surface area contributed by atoms with Crippen LogP contribution in [0.15, 0.2) is 97.1 Å². The summed E-state index contributed by atoms with van der Waals surface area (Å²) in [6.07, 6.45) is 0. The first-order valence-electron chi connectivity index (χ1n) is 9.18. The Balaban J connectivity index is 1.96. The van der Waals surface area contributed by atoms with Gasteiger partial charge in [0.1, 0.15) is 0 Å². The number of halogens is 2. The Morgan fingerprint density at radius 3 is 0.929 bits per heavy atom. The molecule has 134 valence electrons. The molecule has 0 aliphatic heterocycles. The van der Waals surface area contributed by atoms with Crippen molar-refractivity contribution in [3.8, 4) is 22.3 Å². The van der Waals surface area contributed by atoms with Crippen LogP contribution in [0.2, 0.25) is 10.0 Å². The summed E-state index contributed by atoms with van der Waals surface area (Å²) in [6.45, 7) is 0. The Morgan fingerprint density at radius 2 is 0.643 bits per heavy atom. The van der Waals surface area contributed by atoms with Gasteiger partial charge in [0.25, 0.3) is 0 Å². The fourth-order valence-corrected chi connectivity index (χ4v) is 4.24. The van der Waals surface area contributed by atoms with Gasteiger partial charge < -0.3 is 0 Å². The van der Waals surface area contributed by atoms with Crippen LogP contribution in [0.3, 0.4) is 0 Å². The van der Waals surface area contributed by atoms with Crippen LogP contribution in [-0.2, 0) is 0 Å². The van der Waals surface area contributed by atoms with E-state index in [0.717, 1.165) is 10.0 Å². The van der Waals surface area contributed by atoms with Crippen molar-refractivity contribution >= 4 is 44.7 Å². The van der Waals surface area contributed by atoms with Crippen LogP contribution in [0.5, 0.6) is 0 Å². The summed E-state index contributed by atoms with van der Waals surface area (Å²) in [4.78, 5) is 0. The molecule has 0 spiro atoms. The fourth-order valence-electron chi connectivity index (χ4n) is 3.98. The Labute approximate surface area is 174 Å². The molecule has 5 aromatic rings. The maximum Gasteiger partial charge on any atom is 0.0406 e. The smallest absolute Gasteiger partial charge is 0.0406 e. The zero-order valence-electron chi connectivity index (χ0n) is 15.0. The average molecular weight is 399 g/mol. The van der Waals surface area contributed by atoms with Gasteiger partial charge in [0.2, 0.25) is 0 Å². The van der Waals surface area contributed by atoms with Crippen molar-refractivity contribution in [2.75, 3.05) is 0 Å². The molecule has 0 amide bonds. The second kappa shape index (κ2) is 6.98. The van der Waals surface area contributed by atoms with Gasteiger partial charge in [0.15, 0.2) is 0 Å². The van der Waals surface area contributed by atoms with E-state index in [0.29, 0.717) is 0 Å². The lowest BCUT2D eigenvalue weighted by Gasteiger charge is -2.17. The lowest BCUT2D eigenvalue weighted by molar-refractivity contribution is 1.65. The van der Waals surface area contributed by atoms with Gasteiger partial charge in [-0.1, -0.05) is 96.0 Å². The van der Waals surface area contributed by atoms with E-state index in [9.17, 15) is 0 Å². The summed E-state index contributed by atoms with van der Waals surface area (Å²) in [6, 6.07) is 33.4. The van der Waals surface area contributed by atoms with Gasteiger partial charge in [-0.05, 0) is 68.1 Å². The van der Waals surface area contributed by atoms with Crippen LogP contribution in [0, 0.1) is 0 Å². The molecule has 2 heteroatoms. The zero-order chi connectivity index (χ0) is 19.1. The summed E-state index contributed by atoms with van der Waals surface area (Å²) in [5.41, 5.74) is 4.81. The topological polar surface area (TPSA) is 0 Å². The highest BCUT2D eigenvalue weighted by molar-refractivity contribution is 6.31. The van der Waals surface area contributed by atoms with Crippen molar-refractivity contribution in [2.24, 2.45) is 0 Å². The Kier molecular flexibility index (Phi) is 4.31. The van der Waals surface area contributed by atoms with Crippen molar-refractivity contribution in [2.45, 2.75) is 0 Å². The van der Waals surface area contributed by atoms with Gasteiger partial charge in [0.05, 0.1) is 0 Å². The molecule has 0 saturated carbocycles. The molecule has 0 fully saturated rings. The van der Waals surface area contributed by atoms with Crippen molar-refractivity contribution in [3.63, 3.8) is 0 Å². The second-order valence-electron chi connectivity index (χ2n) is 6.85. The molecule has 0 N–H and O–H groups in total. The van der Waals surface area contributed by atoms with Gasteiger partial charge in [0, 0.05) is 10.0 Å². The molecule has 0 saturated heterocycles. The number of hydrogen-bond acceptors (Lipinski definition) is 0. The number of rotatable bonds is 2. The standard InChI is InChI=1S/C26H16Cl2/c27-19-13-9-17(10-14-19)25-21-5-1-2-6-22(21)26(18-11-15-20(28)16-12-18)24-8-4-3-7-23(24)25/h1-16H. The van der Waals surface area contributed by atoms with Crippen LogP contribution >= 0.6 is 23.2 Å². The molecular weight excluding hydrogens is 383 g/mol. The lowest BCUT2D eigenvalue weighted by Crippen LogP contribution is -1.90. The highest BCUT2D eigenvalue weighted by Crippen LogP contribution is 2.43. The van der Waals surface area contributed by atoms with Crippen LogP contribution < -0.4 is 0 Å². The number of benzene rings is 5. The minimum atomic E-state index is 0.746. The normalized spacial score (nSPS) is 11.2. The predicted octanol–water partition coefficient (Wildman–Crippen LogP) is 8.63. The molecule has 0 aromatic heterocycles. The van der Waals surface area contributed by atoms with Crippen LogP contribution in [0.4, 0.5) is 0 Å². The highest BCUT2D eigenvalue weighted by Gasteiger charge is 2.16. The zero-order valence-corrected chi connectivity index (χ0v) is 16.5. The Morgan fingerprint density at radius 1 is 0.357 bits per heavy atom. The van der Waals surface area contributed by atoms with E-state index in [4.69, 9.17) is 23.2 Å². The molecule has 5 aromatic carbocycles. The summed E-state index contributed by atoms with van der Waals surface area (Å²) < 4.78 is 0. The second-order valence-corrected chi connectivity index (χ2v) is 7.73. The van der Waals surface area contributed by atoms with Gasteiger partial charge in [-0.15, -0.1) is 0 Å². The molecule has 5 rings (SSSR count). The Bertz CT molecular complexity index is 1140. The minimum absolute atomic E-state index is 0.746. The van der Waals surface area contributed by atoms with E-state index < -0.39 is 0 Å². The van der Waals surface area contributed by atoms with Gasteiger partial charge in [-0.2, -0.15) is 0 Å². The van der Waals surface area contributed by atoms with Crippen LogP contribution in [0.25, 0.3) is 43.8 Å². The molecule has 0 heterocycles. The molecular formula is C26H16Cl2. The first-order valence-corrected chi connectivity index (χ1v) is 9.93. The van der Waals surface area contributed by atoms with Crippen LogP contribution in [-0.4, -0.2) is 0 Å². The molecule has 0 radical (unpaired) electrons. The van der Waals surface area contributed by atoms with Crippen LogP contribution in [0.1, 0.15) is 0 Å². The summed E-state index contributed by atoms with van der Waals surface area (Å²) >= 11 is 12.3. The fraction of sp³-hybridized carbons (Fsp3) is 0. The summed E-state index contributed by atoms with van der Waals surface area (Å²) in [5.74, 6) is 0. The van der Waals surface area contributed by atoms with E-state index in [1.165, 1.54) is 43.8 Å². The molecule has 0 aliphatic rings. The first-order chi connectivity index (χ1) is 13.7. The SMILES string of the molecule is Clc1ccc(-c2c3ccccc3c(-c3ccc(Cl)cc3)c3ccccc23)cc1. The first kappa shape index (κ1) is 17.3. The third-order valence-electron chi connectivity index (χ3n) is 5.20. The van der Waals surface area contributed by atoms with E-state index in [1.54, 1.807) is 0 Å². The molecule has 0 nitrogen and oxygen atoms in total. The maximum atomic E-state index is 6.14. The molecule has 0 unspecified atom stereocenters. The molecule has 0 aliphatic carbocycles. The summed E-state index contributed by atoms with van der Waals surface area (Å²) in [5, 5.41) is 6.41. The predicted molar refractivity (Wildman–Crippen MR) is 122 cm³/mol. The third-order valence-corrected chi connectivity index (χ3v) is 5.70. The third kappa shape index (κ3) is 2.86. The largest absolute Gasteiger partial charge is 0.0843 e. The van der Waals surface area contributed by atoms with E-state index in [2.05, 4.69) is 72.8 Å². The monoisotopic (exact) mass is 398 g/mol. The average Bonchev–Trinajstić information content (AvgIpc) is 2.74. The lowest BCUT2D eigenvalue weighted by atomic mass is 9.86. The van der Waals surface area contributed by atoms with Crippen molar-refractivity contribution in [1.29, 1.82) is 0 Å². The molecule has 28 heavy (non-hydrogen) atoms. The molecule has 0 atom stereocenters. The number of fused-ring (bicyclic) bond motifs is 2. The highest BCUT2D eigenvalue weighted by atomic mass is 35.5. The maximum absolute atomic E-state index is 6.14. The van der Waals surface area contributed by atoms with Crippen molar-refractivity contribution in [3.05, 3.63) is 107 Å². The minimum Gasteiger partial charge on any atom is -0.0843 e. The van der Waals surface area contributed by atoms with Gasteiger partial charge in [-0.3, -0.25) is 0 Å². The van der Waals surface area contributed by atoms with Crippen molar-refractivity contribution < 1.29 is 0 Å². The van der Waals surface area contributed by atoms with E-state index >= 15 is 0 Å². The quantitative estimate of drug-likeness (QED) is 0.261. The number of hydrogen-bond donors (Lipinski definition) is 0. The van der Waals surface area contributed by atoms with E-state index in [-0.39, 0.29) is 0 Å².